The minimum atomic E-state index is -1.12. The molecule has 5 heteroatoms. The highest BCUT2D eigenvalue weighted by molar-refractivity contribution is 6.05. The Morgan fingerprint density at radius 1 is 1.41 bits per heavy atom. The Morgan fingerprint density at radius 2 is 2.14 bits per heavy atom. The fraction of sp³-hybridized carbons (Fsp3) is 0.529. The van der Waals surface area contributed by atoms with Crippen LogP contribution in [0, 0.1) is 5.41 Å². The molecule has 2 saturated heterocycles. The number of carbonyl (C=O) groups is 2. The highest BCUT2D eigenvalue weighted by Gasteiger charge is 2.59. The van der Waals surface area contributed by atoms with Gasteiger partial charge in [0.15, 0.2) is 5.41 Å². The zero-order valence-electron chi connectivity index (χ0n) is 12.8. The molecule has 0 unspecified atom stereocenters. The van der Waals surface area contributed by atoms with Crippen molar-refractivity contribution in [1.29, 1.82) is 0 Å². The minimum Gasteiger partial charge on any atom is -0.468 e. The molecule has 0 radical (unpaired) electrons. The molecule has 0 bridgehead atoms. The van der Waals surface area contributed by atoms with Gasteiger partial charge in [0.05, 0.1) is 7.11 Å². The van der Waals surface area contributed by atoms with Crippen LogP contribution < -0.4 is 5.73 Å². The van der Waals surface area contributed by atoms with E-state index in [1.165, 1.54) is 7.11 Å². The Hall–Kier alpha value is -1.88. The van der Waals surface area contributed by atoms with Crippen LogP contribution >= 0.6 is 0 Å². The Balaban J connectivity index is 1.96. The van der Waals surface area contributed by atoms with Crippen LogP contribution in [0.4, 0.5) is 0 Å². The monoisotopic (exact) mass is 302 g/mol. The first-order valence-electron chi connectivity index (χ1n) is 7.77. The van der Waals surface area contributed by atoms with Crippen molar-refractivity contribution in [2.45, 2.75) is 37.8 Å². The maximum atomic E-state index is 13.0. The van der Waals surface area contributed by atoms with Gasteiger partial charge in [-0.25, -0.2) is 0 Å². The number of nitrogens with zero attached hydrogens (tertiary/aromatic N) is 1. The first-order chi connectivity index (χ1) is 10.6. The molecular weight excluding hydrogens is 280 g/mol. The lowest BCUT2D eigenvalue weighted by Crippen LogP contribution is -2.50. The highest BCUT2D eigenvalue weighted by atomic mass is 16.5. The van der Waals surface area contributed by atoms with E-state index in [0.717, 1.165) is 18.4 Å². The van der Waals surface area contributed by atoms with Crippen molar-refractivity contribution in [2.24, 2.45) is 11.1 Å². The average molecular weight is 302 g/mol. The molecule has 1 aromatic rings. The normalized spacial score (nSPS) is 31.0. The second kappa shape index (κ2) is 5.72. The summed E-state index contributed by atoms with van der Waals surface area (Å²) in [6.45, 7) is 0.685. The minimum absolute atomic E-state index is 0.0518. The van der Waals surface area contributed by atoms with E-state index in [2.05, 4.69) is 0 Å². The largest absolute Gasteiger partial charge is 0.468 e. The standard InChI is InChI=1S/C17H22N2O3/c1-22-16(21)17(10-12-6-3-2-4-7-12)11-14-13(18)8-5-9-19(14)15(17)20/h2-4,6-7,13-14H,5,8-11,18H2,1H3/t13-,14+,17+/m0/s1. The van der Waals surface area contributed by atoms with Crippen molar-refractivity contribution < 1.29 is 14.3 Å². The van der Waals surface area contributed by atoms with E-state index in [1.54, 1.807) is 4.90 Å². The number of fused-ring (bicyclic) bond motifs is 1. The second-order valence-electron chi connectivity index (χ2n) is 6.31. The van der Waals surface area contributed by atoms with Crippen molar-refractivity contribution >= 4 is 11.9 Å². The van der Waals surface area contributed by atoms with E-state index in [0.29, 0.717) is 19.4 Å². The van der Waals surface area contributed by atoms with Crippen LogP contribution in [-0.4, -0.2) is 42.5 Å². The quantitative estimate of drug-likeness (QED) is 0.670. The second-order valence-corrected chi connectivity index (χ2v) is 6.31. The van der Waals surface area contributed by atoms with Gasteiger partial charge in [-0.2, -0.15) is 0 Å². The third kappa shape index (κ3) is 2.29. The van der Waals surface area contributed by atoms with Crippen molar-refractivity contribution in [2.75, 3.05) is 13.7 Å². The summed E-state index contributed by atoms with van der Waals surface area (Å²) in [4.78, 5) is 27.3. The van der Waals surface area contributed by atoms with Gasteiger partial charge in [0.2, 0.25) is 5.91 Å². The summed E-state index contributed by atoms with van der Waals surface area (Å²) >= 11 is 0. The molecule has 2 heterocycles. The fourth-order valence-corrected chi connectivity index (χ4v) is 3.85. The molecule has 0 aromatic heterocycles. The molecule has 2 aliphatic rings. The average Bonchev–Trinajstić information content (AvgIpc) is 2.83. The van der Waals surface area contributed by atoms with Crippen LogP contribution in [0.5, 0.6) is 0 Å². The summed E-state index contributed by atoms with van der Waals surface area (Å²) in [6.07, 6.45) is 2.62. The number of amides is 1. The number of ether oxygens (including phenoxy) is 1. The van der Waals surface area contributed by atoms with E-state index >= 15 is 0 Å². The molecule has 3 atom stereocenters. The fourth-order valence-electron chi connectivity index (χ4n) is 3.85. The molecule has 118 valence electrons. The van der Waals surface area contributed by atoms with Crippen LogP contribution in [0.1, 0.15) is 24.8 Å². The lowest BCUT2D eigenvalue weighted by atomic mass is 9.78. The Labute approximate surface area is 130 Å². The van der Waals surface area contributed by atoms with Crippen molar-refractivity contribution in [3.8, 4) is 0 Å². The summed E-state index contributed by atoms with van der Waals surface area (Å²) in [5.41, 5.74) is 6.04. The van der Waals surface area contributed by atoms with Gasteiger partial charge in [0, 0.05) is 18.6 Å². The number of esters is 1. The number of piperidine rings is 1. The van der Waals surface area contributed by atoms with Crippen LogP contribution in [0.3, 0.4) is 0 Å². The number of hydrogen-bond donors (Lipinski definition) is 1. The molecule has 0 spiro atoms. The molecule has 0 aliphatic carbocycles. The van der Waals surface area contributed by atoms with Crippen molar-refractivity contribution in [3.05, 3.63) is 35.9 Å². The predicted molar refractivity (Wildman–Crippen MR) is 81.9 cm³/mol. The van der Waals surface area contributed by atoms with Crippen LogP contribution in [0.25, 0.3) is 0 Å². The highest BCUT2D eigenvalue weighted by Crippen LogP contribution is 2.43. The Bertz CT molecular complexity index is 575. The maximum Gasteiger partial charge on any atom is 0.321 e. The molecular formula is C17H22N2O3. The van der Waals surface area contributed by atoms with Gasteiger partial charge in [-0.1, -0.05) is 30.3 Å². The SMILES string of the molecule is COC(=O)[C@]1(Cc2ccccc2)C[C@@H]2[C@@H](N)CCCN2C1=O. The van der Waals surface area contributed by atoms with Crippen LogP contribution in [0.15, 0.2) is 30.3 Å². The molecule has 1 amide bonds. The molecule has 2 aliphatic heterocycles. The smallest absolute Gasteiger partial charge is 0.321 e. The first kappa shape index (κ1) is 15.0. The lowest BCUT2D eigenvalue weighted by molar-refractivity contribution is -0.159. The Kier molecular flexibility index (Phi) is 3.91. The van der Waals surface area contributed by atoms with Gasteiger partial charge in [-0.05, 0) is 31.2 Å². The molecule has 3 rings (SSSR count). The van der Waals surface area contributed by atoms with E-state index in [4.69, 9.17) is 10.5 Å². The number of benzene rings is 1. The molecule has 2 fully saturated rings. The van der Waals surface area contributed by atoms with Gasteiger partial charge in [-0.3, -0.25) is 9.59 Å². The first-order valence-corrected chi connectivity index (χ1v) is 7.77. The van der Waals surface area contributed by atoms with E-state index in [1.807, 2.05) is 30.3 Å². The summed E-state index contributed by atoms with van der Waals surface area (Å²) in [5.74, 6) is -0.564. The van der Waals surface area contributed by atoms with E-state index in [-0.39, 0.29) is 18.0 Å². The molecule has 5 nitrogen and oxygen atoms in total. The van der Waals surface area contributed by atoms with Gasteiger partial charge in [0.1, 0.15) is 0 Å². The third-order valence-corrected chi connectivity index (χ3v) is 4.98. The zero-order chi connectivity index (χ0) is 15.7. The van der Waals surface area contributed by atoms with E-state index in [9.17, 15) is 9.59 Å². The zero-order valence-corrected chi connectivity index (χ0v) is 12.8. The number of methoxy groups -OCH3 is 1. The van der Waals surface area contributed by atoms with Crippen LogP contribution in [0.2, 0.25) is 0 Å². The van der Waals surface area contributed by atoms with Gasteiger partial charge >= 0.3 is 5.97 Å². The molecule has 22 heavy (non-hydrogen) atoms. The molecule has 1 aromatic carbocycles. The van der Waals surface area contributed by atoms with Crippen molar-refractivity contribution in [3.63, 3.8) is 0 Å². The van der Waals surface area contributed by atoms with Gasteiger partial charge in [0.25, 0.3) is 0 Å². The maximum absolute atomic E-state index is 13.0. The summed E-state index contributed by atoms with van der Waals surface area (Å²) < 4.78 is 4.99. The summed E-state index contributed by atoms with van der Waals surface area (Å²) in [5, 5.41) is 0. The lowest BCUT2D eigenvalue weighted by Gasteiger charge is -2.34. The summed E-state index contributed by atoms with van der Waals surface area (Å²) in [6, 6.07) is 9.52. The van der Waals surface area contributed by atoms with Gasteiger partial charge in [-0.15, -0.1) is 0 Å². The predicted octanol–water partition coefficient (Wildman–Crippen LogP) is 1.11. The number of nitrogens with two attached hydrogens (primary N) is 1. The van der Waals surface area contributed by atoms with Crippen LogP contribution in [-0.2, 0) is 20.7 Å². The topological polar surface area (TPSA) is 72.6 Å². The Morgan fingerprint density at radius 3 is 2.77 bits per heavy atom. The van der Waals surface area contributed by atoms with Crippen molar-refractivity contribution in [1.82, 2.24) is 4.90 Å². The molecule has 2 N–H and O–H groups in total. The number of carbonyl (C=O) groups excluding carboxylic acids is 2. The third-order valence-electron chi connectivity index (χ3n) is 4.98. The summed E-state index contributed by atoms with van der Waals surface area (Å²) in [7, 11) is 1.35. The molecule has 0 saturated carbocycles. The van der Waals surface area contributed by atoms with Gasteiger partial charge < -0.3 is 15.4 Å². The number of rotatable bonds is 3. The van der Waals surface area contributed by atoms with E-state index < -0.39 is 11.4 Å². The number of hydrogen-bond acceptors (Lipinski definition) is 4.